The lowest BCUT2D eigenvalue weighted by Gasteiger charge is -2.39. The van der Waals surface area contributed by atoms with Crippen LogP contribution in [-0.2, 0) is 6.42 Å². The number of hydrogen-bond acceptors (Lipinski definition) is 6. The first-order valence-electron chi connectivity index (χ1n) is 10.9. The average Bonchev–Trinajstić information content (AvgIpc) is 2.81. The van der Waals surface area contributed by atoms with Crippen LogP contribution in [0.3, 0.4) is 0 Å². The highest BCUT2D eigenvalue weighted by Crippen LogP contribution is 2.38. The fourth-order valence-electron chi connectivity index (χ4n) is 4.27. The normalized spacial score (nSPS) is 15.2. The third kappa shape index (κ3) is 4.61. The molecule has 2 aromatic carbocycles. The predicted octanol–water partition coefficient (Wildman–Crippen LogP) is 3.99. The Labute approximate surface area is 198 Å². The van der Waals surface area contributed by atoms with Crippen molar-refractivity contribution in [2.24, 2.45) is 0 Å². The summed E-state index contributed by atoms with van der Waals surface area (Å²) in [7, 11) is 3.27. The Morgan fingerprint density at radius 2 is 1.94 bits per heavy atom. The van der Waals surface area contributed by atoms with Crippen LogP contribution in [-0.4, -0.2) is 43.9 Å². The smallest absolute Gasteiger partial charge is 0.336 e. The summed E-state index contributed by atoms with van der Waals surface area (Å²) in [5, 5.41) is 4.83. The van der Waals surface area contributed by atoms with E-state index in [1.165, 1.54) is 11.6 Å². The summed E-state index contributed by atoms with van der Waals surface area (Å²) >= 11 is 5.67. The topological polar surface area (TPSA) is 73.2 Å². The van der Waals surface area contributed by atoms with E-state index < -0.39 is 0 Å². The van der Waals surface area contributed by atoms with E-state index in [9.17, 15) is 4.79 Å². The predicted molar refractivity (Wildman–Crippen MR) is 132 cm³/mol. The van der Waals surface area contributed by atoms with Gasteiger partial charge in [0.25, 0.3) is 0 Å². The van der Waals surface area contributed by atoms with E-state index in [4.69, 9.17) is 30.8 Å². The molecule has 1 unspecified atom stereocenters. The molecule has 0 saturated heterocycles. The molecule has 3 aromatic rings. The van der Waals surface area contributed by atoms with Crippen LogP contribution in [0.25, 0.3) is 11.0 Å². The number of benzene rings is 2. The molecule has 174 valence electrons. The molecule has 1 N–H and O–H groups in total. The molecule has 0 spiro atoms. The summed E-state index contributed by atoms with van der Waals surface area (Å²) in [5.41, 5.74) is 3.27. The first kappa shape index (κ1) is 22.9. The maximum absolute atomic E-state index is 11.8. The summed E-state index contributed by atoms with van der Waals surface area (Å²) in [6, 6.07) is 11.0. The van der Waals surface area contributed by atoms with Crippen LogP contribution in [0.1, 0.15) is 29.7 Å². The van der Waals surface area contributed by atoms with Gasteiger partial charge in [-0.3, -0.25) is 0 Å². The van der Waals surface area contributed by atoms with E-state index in [0.717, 1.165) is 36.0 Å². The van der Waals surface area contributed by atoms with Gasteiger partial charge in [0, 0.05) is 30.6 Å². The van der Waals surface area contributed by atoms with Crippen LogP contribution in [0.4, 0.5) is 0 Å². The number of aryl methyl sites for hydroxylation is 1. The molecule has 0 fully saturated rings. The van der Waals surface area contributed by atoms with Crippen LogP contribution in [0, 0.1) is 6.92 Å². The lowest BCUT2D eigenvalue weighted by molar-refractivity contribution is 0.187. The zero-order valence-electron chi connectivity index (χ0n) is 19.3. The number of thiocarbonyl (C=S) groups is 1. The number of rotatable bonds is 6. The van der Waals surface area contributed by atoms with Crippen molar-refractivity contribution < 1.29 is 18.6 Å². The van der Waals surface area contributed by atoms with Crippen LogP contribution in [0.5, 0.6) is 17.2 Å². The minimum absolute atomic E-state index is 0.125. The minimum Gasteiger partial charge on any atom is -0.493 e. The van der Waals surface area contributed by atoms with Gasteiger partial charge < -0.3 is 28.8 Å². The molecule has 0 bridgehead atoms. The van der Waals surface area contributed by atoms with Crippen molar-refractivity contribution in [2.75, 3.05) is 33.9 Å². The lowest BCUT2D eigenvalue weighted by atomic mass is 9.92. The van der Waals surface area contributed by atoms with E-state index in [0.29, 0.717) is 34.6 Å². The largest absolute Gasteiger partial charge is 0.493 e. The maximum atomic E-state index is 11.8. The van der Waals surface area contributed by atoms with Gasteiger partial charge in [0.15, 0.2) is 16.6 Å². The number of ether oxygens (including phenoxy) is 3. The van der Waals surface area contributed by atoms with Crippen molar-refractivity contribution >= 4 is 28.3 Å². The Balaban J connectivity index is 1.67. The van der Waals surface area contributed by atoms with E-state index >= 15 is 0 Å². The maximum Gasteiger partial charge on any atom is 0.336 e. The van der Waals surface area contributed by atoms with Gasteiger partial charge in [0.05, 0.1) is 20.3 Å². The zero-order valence-corrected chi connectivity index (χ0v) is 20.1. The molecule has 1 aliphatic rings. The SMILES string of the molecule is CCNC(=S)N1CCc2cc(OC)c(OC)cc2C1COc1ccc2c(C)cc(=O)oc2c1. The Kier molecular flexibility index (Phi) is 6.74. The fourth-order valence-corrected chi connectivity index (χ4v) is 4.64. The highest BCUT2D eigenvalue weighted by molar-refractivity contribution is 7.80. The van der Waals surface area contributed by atoms with Crippen molar-refractivity contribution in [3.05, 3.63) is 63.5 Å². The number of nitrogens with one attached hydrogen (secondary N) is 1. The van der Waals surface area contributed by atoms with Crippen molar-refractivity contribution in [1.29, 1.82) is 0 Å². The van der Waals surface area contributed by atoms with Gasteiger partial charge in [-0.2, -0.15) is 0 Å². The molecule has 0 saturated carbocycles. The van der Waals surface area contributed by atoms with Gasteiger partial charge in [-0.1, -0.05) is 0 Å². The van der Waals surface area contributed by atoms with E-state index in [1.54, 1.807) is 20.3 Å². The molecule has 0 radical (unpaired) electrons. The lowest BCUT2D eigenvalue weighted by Crippen LogP contribution is -2.47. The minimum atomic E-state index is -0.374. The number of fused-ring (bicyclic) bond motifs is 2. The second kappa shape index (κ2) is 9.70. The molecule has 1 aromatic heterocycles. The summed E-state index contributed by atoms with van der Waals surface area (Å²) < 4.78 is 22.6. The van der Waals surface area contributed by atoms with Gasteiger partial charge in [-0.15, -0.1) is 0 Å². The van der Waals surface area contributed by atoms with Crippen molar-refractivity contribution in [3.63, 3.8) is 0 Å². The number of hydrogen-bond donors (Lipinski definition) is 1. The molecule has 2 heterocycles. The van der Waals surface area contributed by atoms with Crippen LogP contribution in [0.2, 0.25) is 0 Å². The second-order valence-electron chi connectivity index (χ2n) is 7.92. The van der Waals surface area contributed by atoms with E-state index in [-0.39, 0.29) is 11.7 Å². The monoisotopic (exact) mass is 468 g/mol. The van der Waals surface area contributed by atoms with Crippen LogP contribution < -0.4 is 25.2 Å². The van der Waals surface area contributed by atoms with Gasteiger partial charge in [0.1, 0.15) is 17.9 Å². The van der Waals surface area contributed by atoms with Crippen molar-refractivity contribution in [1.82, 2.24) is 10.2 Å². The van der Waals surface area contributed by atoms with Crippen molar-refractivity contribution in [3.8, 4) is 17.2 Å². The Bertz CT molecular complexity index is 1240. The molecule has 0 aliphatic carbocycles. The summed E-state index contributed by atoms with van der Waals surface area (Å²) in [4.78, 5) is 13.9. The number of nitrogens with zero attached hydrogens (tertiary/aromatic N) is 1. The molecule has 7 nitrogen and oxygen atoms in total. The standard InChI is InChI=1S/C25H28N2O5S/c1-5-26-25(33)27-9-8-16-11-22(29-3)23(30-4)13-19(16)20(27)14-31-17-6-7-18-15(2)10-24(28)32-21(18)12-17/h6-7,10-13,20H,5,8-9,14H2,1-4H3,(H,26,33). The quantitative estimate of drug-likeness (QED) is 0.430. The third-order valence-corrected chi connectivity index (χ3v) is 6.30. The molecular weight excluding hydrogens is 440 g/mol. The van der Waals surface area contributed by atoms with Gasteiger partial charge >= 0.3 is 5.63 Å². The molecule has 1 atom stereocenters. The van der Waals surface area contributed by atoms with E-state index in [2.05, 4.69) is 10.2 Å². The van der Waals surface area contributed by atoms with Crippen LogP contribution >= 0.6 is 12.2 Å². The van der Waals surface area contributed by atoms with Gasteiger partial charge in [0.2, 0.25) is 0 Å². The van der Waals surface area contributed by atoms with E-state index in [1.807, 2.05) is 38.1 Å². The molecule has 4 rings (SSSR count). The molecular formula is C25H28N2O5S. The van der Waals surface area contributed by atoms with Gasteiger partial charge in [-0.25, -0.2) is 4.79 Å². The summed E-state index contributed by atoms with van der Waals surface area (Å²) in [6.07, 6.45) is 0.831. The van der Waals surface area contributed by atoms with Crippen LogP contribution in [0.15, 0.2) is 45.6 Å². The molecule has 8 heteroatoms. The Morgan fingerprint density at radius 3 is 2.67 bits per heavy atom. The van der Waals surface area contributed by atoms with Gasteiger partial charge in [-0.05, 0) is 73.4 Å². The van der Waals surface area contributed by atoms with Crippen molar-refractivity contribution in [2.45, 2.75) is 26.3 Å². The Morgan fingerprint density at radius 1 is 1.18 bits per heavy atom. The highest BCUT2D eigenvalue weighted by atomic mass is 32.1. The summed E-state index contributed by atoms with van der Waals surface area (Å²) in [5.74, 6) is 2.00. The number of methoxy groups -OCH3 is 2. The third-order valence-electron chi connectivity index (χ3n) is 5.92. The Hall–Kier alpha value is -3.26. The summed E-state index contributed by atoms with van der Waals surface area (Å²) in [6.45, 7) is 5.77. The second-order valence-corrected chi connectivity index (χ2v) is 8.30. The highest BCUT2D eigenvalue weighted by Gasteiger charge is 2.31. The molecule has 1 aliphatic heterocycles. The zero-order chi connectivity index (χ0) is 23.5. The molecule has 0 amide bonds. The molecule has 33 heavy (non-hydrogen) atoms. The fraction of sp³-hybridized carbons (Fsp3) is 0.360. The average molecular weight is 469 g/mol. The first-order chi connectivity index (χ1) is 15.9. The first-order valence-corrected chi connectivity index (χ1v) is 11.3.